The Morgan fingerprint density at radius 1 is 0.486 bits per heavy atom. The third kappa shape index (κ3) is 18.6. The Labute approximate surface area is 202 Å². The van der Waals surface area contributed by atoms with Crippen LogP contribution in [0.4, 0.5) is 0 Å². The fourth-order valence-corrected chi connectivity index (χ4v) is 2.86. The maximum Gasteiger partial charge on any atom is 0.317 e. The lowest BCUT2D eigenvalue weighted by Crippen LogP contribution is -2.45. The first-order chi connectivity index (χ1) is 16.3. The lowest BCUT2D eigenvalue weighted by atomic mass is 10.2. The number of rotatable bonds is 16. The predicted molar refractivity (Wildman–Crippen MR) is 123 cm³/mol. The van der Waals surface area contributed by atoms with Crippen LogP contribution >= 0.6 is 0 Å². The van der Waals surface area contributed by atoms with Crippen LogP contribution in [-0.4, -0.2) is 129 Å². The van der Waals surface area contributed by atoms with E-state index < -0.39 is 62.6 Å². The van der Waals surface area contributed by atoms with Crippen LogP contribution in [0.15, 0.2) is 24.3 Å². The second-order valence-corrected chi connectivity index (χ2v) is 7.82. The first-order valence-corrected chi connectivity index (χ1v) is 10.6. The third-order valence-corrected chi connectivity index (χ3v) is 4.48. The van der Waals surface area contributed by atoms with Gasteiger partial charge in [0.1, 0.15) is 0 Å². The van der Waals surface area contributed by atoms with E-state index in [4.69, 9.17) is 25.5 Å². The van der Waals surface area contributed by atoms with E-state index in [0.29, 0.717) is 0 Å². The van der Waals surface area contributed by atoms with Crippen molar-refractivity contribution in [2.75, 3.05) is 58.9 Å². The van der Waals surface area contributed by atoms with Gasteiger partial charge in [-0.05, 0) is 13.8 Å². The Balaban J connectivity index is 0.00000121. The average Bonchev–Trinajstić information content (AvgIpc) is 2.70. The monoisotopic (exact) mass is 499 g/mol. The van der Waals surface area contributed by atoms with Crippen LogP contribution in [0.2, 0.25) is 0 Å². The minimum absolute atomic E-state index is 0.000836. The molecule has 0 saturated carbocycles. The van der Waals surface area contributed by atoms with Gasteiger partial charge in [-0.3, -0.25) is 38.7 Å². The van der Waals surface area contributed by atoms with E-state index in [2.05, 4.69) is 38.1 Å². The Bertz CT molecular complexity index is 751. The summed E-state index contributed by atoms with van der Waals surface area (Å²) in [4.78, 5) is 57.6. The molecule has 0 radical (unpaired) electrons. The molecule has 0 spiro atoms. The van der Waals surface area contributed by atoms with Crippen LogP contribution in [0.5, 0.6) is 0 Å². The molecule has 0 saturated heterocycles. The number of carboxylic acid groups (broad SMARTS) is 5. The number of aliphatic carboxylic acids is 5. The Kier molecular flexibility index (Phi) is 15.2. The van der Waals surface area contributed by atoms with Crippen LogP contribution in [0.25, 0.3) is 0 Å². The molecular formula is C22H33N3O10. The summed E-state index contributed by atoms with van der Waals surface area (Å²) in [5, 5.41) is 44.1. The molecular weight excluding hydrogens is 466 g/mol. The molecule has 0 bridgehead atoms. The molecule has 0 atom stereocenters. The number of hydrogen-bond donors (Lipinski definition) is 5. The van der Waals surface area contributed by atoms with Gasteiger partial charge in [0.15, 0.2) is 0 Å². The second-order valence-electron chi connectivity index (χ2n) is 7.82. The Hall–Kier alpha value is -3.55. The van der Waals surface area contributed by atoms with Gasteiger partial charge in [0.25, 0.3) is 0 Å². The molecule has 0 aliphatic rings. The van der Waals surface area contributed by atoms with Gasteiger partial charge in [-0.1, -0.05) is 35.4 Å². The molecule has 0 fully saturated rings. The van der Waals surface area contributed by atoms with Gasteiger partial charge in [-0.25, -0.2) is 0 Å². The van der Waals surface area contributed by atoms with Gasteiger partial charge in [0, 0.05) is 26.2 Å². The van der Waals surface area contributed by atoms with E-state index >= 15 is 0 Å². The molecule has 1 rings (SSSR count). The van der Waals surface area contributed by atoms with Crippen molar-refractivity contribution in [3.05, 3.63) is 35.4 Å². The highest BCUT2D eigenvalue weighted by Crippen LogP contribution is 1.99. The minimum atomic E-state index is -1.24. The van der Waals surface area contributed by atoms with Gasteiger partial charge in [-0.2, -0.15) is 0 Å². The molecule has 5 N–H and O–H groups in total. The van der Waals surface area contributed by atoms with Crippen LogP contribution in [-0.2, 0) is 24.0 Å². The molecule has 0 heterocycles. The summed E-state index contributed by atoms with van der Waals surface area (Å²) in [6.45, 7) is 1.46. The van der Waals surface area contributed by atoms with Crippen molar-refractivity contribution in [1.29, 1.82) is 0 Å². The third-order valence-electron chi connectivity index (χ3n) is 4.48. The molecule has 1 aromatic rings. The topological polar surface area (TPSA) is 196 Å². The fourth-order valence-electron chi connectivity index (χ4n) is 2.86. The first-order valence-electron chi connectivity index (χ1n) is 10.6. The van der Waals surface area contributed by atoms with Crippen LogP contribution in [0.1, 0.15) is 11.1 Å². The van der Waals surface area contributed by atoms with E-state index in [1.54, 1.807) is 0 Å². The summed E-state index contributed by atoms with van der Waals surface area (Å²) in [7, 11) is 0. The van der Waals surface area contributed by atoms with E-state index in [1.165, 1.54) is 16.0 Å². The van der Waals surface area contributed by atoms with Crippen molar-refractivity contribution in [2.45, 2.75) is 13.8 Å². The normalized spacial score (nSPS) is 10.7. The number of hydrogen-bond acceptors (Lipinski definition) is 8. The molecule has 0 aliphatic carbocycles. The van der Waals surface area contributed by atoms with Crippen molar-refractivity contribution in [2.24, 2.45) is 0 Å². The van der Waals surface area contributed by atoms with Crippen molar-refractivity contribution in [3.8, 4) is 0 Å². The average molecular weight is 500 g/mol. The van der Waals surface area contributed by atoms with E-state index in [-0.39, 0.29) is 26.2 Å². The molecule has 0 amide bonds. The van der Waals surface area contributed by atoms with Crippen molar-refractivity contribution < 1.29 is 49.5 Å². The highest BCUT2D eigenvalue weighted by atomic mass is 16.4. The molecule has 0 unspecified atom stereocenters. The molecule has 0 aliphatic heterocycles. The number of carboxylic acids is 5. The number of nitrogens with zero attached hydrogens (tertiary/aromatic N) is 3. The largest absolute Gasteiger partial charge is 0.480 e. The zero-order valence-corrected chi connectivity index (χ0v) is 19.8. The molecule has 13 heteroatoms. The van der Waals surface area contributed by atoms with Crippen LogP contribution < -0.4 is 0 Å². The quantitative estimate of drug-likeness (QED) is 0.197. The molecule has 1 aromatic carbocycles. The van der Waals surface area contributed by atoms with Gasteiger partial charge in [0.2, 0.25) is 0 Å². The zero-order chi connectivity index (χ0) is 27.0. The second kappa shape index (κ2) is 17.0. The lowest BCUT2D eigenvalue weighted by molar-refractivity contribution is -0.143. The maximum absolute atomic E-state index is 11.0. The van der Waals surface area contributed by atoms with Gasteiger partial charge in [-0.15, -0.1) is 0 Å². The maximum atomic E-state index is 11.0. The number of benzene rings is 1. The van der Waals surface area contributed by atoms with Gasteiger partial charge >= 0.3 is 29.8 Å². The minimum Gasteiger partial charge on any atom is -0.480 e. The molecule has 35 heavy (non-hydrogen) atoms. The number of carbonyl (C=O) groups is 5. The van der Waals surface area contributed by atoms with Crippen molar-refractivity contribution in [1.82, 2.24) is 14.7 Å². The standard InChI is InChI=1S/C14H23N3O10.C8H10/c18-10(19)5-15(1-3-16(6-11(20)21)7-12(22)23)2-4-17(8-13(24)25)9-14(26)27;1-7-3-5-8(2)6-4-7/h1-9H2,(H,18,19)(H,20,21)(H,22,23)(H,24,25)(H,26,27);3-6H,1-2H3. The van der Waals surface area contributed by atoms with Crippen LogP contribution in [0.3, 0.4) is 0 Å². The smallest absolute Gasteiger partial charge is 0.317 e. The summed E-state index contributed by atoms with van der Waals surface area (Å²) in [5.74, 6) is -6.16. The highest BCUT2D eigenvalue weighted by Gasteiger charge is 2.19. The van der Waals surface area contributed by atoms with E-state index in [9.17, 15) is 24.0 Å². The SMILES string of the molecule is Cc1ccc(C)cc1.O=C(O)CN(CCN(CC(=O)O)CC(=O)O)CCN(CC(=O)O)CC(=O)O. The molecule has 0 aromatic heterocycles. The predicted octanol–water partition coefficient (Wildman–Crippen LogP) is -0.381. The van der Waals surface area contributed by atoms with Crippen molar-refractivity contribution >= 4 is 29.8 Å². The summed E-state index contributed by atoms with van der Waals surface area (Å²) in [6, 6.07) is 8.48. The van der Waals surface area contributed by atoms with E-state index in [0.717, 1.165) is 9.80 Å². The summed E-state index contributed by atoms with van der Waals surface area (Å²) in [5.41, 5.74) is 2.66. The van der Waals surface area contributed by atoms with Crippen LogP contribution in [0, 0.1) is 13.8 Å². The zero-order valence-electron chi connectivity index (χ0n) is 19.8. The highest BCUT2D eigenvalue weighted by molar-refractivity contribution is 5.73. The number of aryl methyl sites for hydroxylation is 2. The van der Waals surface area contributed by atoms with Gasteiger partial charge in [0.05, 0.1) is 32.7 Å². The Morgan fingerprint density at radius 2 is 0.686 bits per heavy atom. The Morgan fingerprint density at radius 3 is 0.914 bits per heavy atom. The van der Waals surface area contributed by atoms with E-state index in [1.807, 2.05) is 0 Å². The first kappa shape index (κ1) is 31.4. The van der Waals surface area contributed by atoms with Gasteiger partial charge < -0.3 is 25.5 Å². The molecule has 196 valence electrons. The molecule has 13 nitrogen and oxygen atoms in total. The van der Waals surface area contributed by atoms with Crippen molar-refractivity contribution in [3.63, 3.8) is 0 Å². The lowest BCUT2D eigenvalue weighted by Gasteiger charge is -2.27. The summed E-state index contributed by atoms with van der Waals surface area (Å²) >= 11 is 0. The summed E-state index contributed by atoms with van der Waals surface area (Å²) < 4.78 is 0. The fraction of sp³-hybridized carbons (Fsp3) is 0.500. The summed E-state index contributed by atoms with van der Waals surface area (Å²) in [6.07, 6.45) is 0.